The van der Waals surface area contributed by atoms with Crippen LogP contribution in [-0.4, -0.2) is 19.1 Å². The standard InChI is InChI=1S/C20H25NO2/c1-14(2)17-7-5-6-8-19(17)23-12-11-21-20(22)18-13-15(3)9-10-16(18)4/h5-10,13-14H,11-12H2,1-4H3,(H,21,22). The van der Waals surface area contributed by atoms with Gasteiger partial charge in [0.25, 0.3) is 5.91 Å². The Morgan fingerprint density at radius 1 is 1.13 bits per heavy atom. The zero-order valence-electron chi connectivity index (χ0n) is 14.3. The molecular weight excluding hydrogens is 286 g/mol. The molecule has 0 unspecified atom stereocenters. The number of hydrogen-bond acceptors (Lipinski definition) is 2. The monoisotopic (exact) mass is 311 g/mol. The third kappa shape index (κ3) is 4.59. The van der Waals surface area contributed by atoms with Crippen LogP contribution < -0.4 is 10.1 Å². The van der Waals surface area contributed by atoms with Crippen LogP contribution in [0.25, 0.3) is 0 Å². The molecule has 0 aromatic heterocycles. The van der Waals surface area contributed by atoms with Crippen LogP contribution in [0.4, 0.5) is 0 Å². The Balaban J connectivity index is 1.88. The van der Waals surface area contributed by atoms with Gasteiger partial charge in [-0.1, -0.05) is 49.7 Å². The Bertz CT molecular complexity index is 677. The molecule has 0 spiro atoms. The lowest BCUT2D eigenvalue weighted by atomic mass is 10.0. The molecule has 1 amide bonds. The van der Waals surface area contributed by atoms with Crippen molar-refractivity contribution in [2.45, 2.75) is 33.6 Å². The molecule has 23 heavy (non-hydrogen) atoms. The smallest absolute Gasteiger partial charge is 0.251 e. The number of hydrogen-bond donors (Lipinski definition) is 1. The fourth-order valence-electron chi connectivity index (χ4n) is 2.49. The lowest BCUT2D eigenvalue weighted by molar-refractivity contribution is 0.0946. The van der Waals surface area contributed by atoms with E-state index >= 15 is 0 Å². The predicted octanol–water partition coefficient (Wildman–Crippen LogP) is 4.24. The highest BCUT2D eigenvalue weighted by Gasteiger charge is 2.09. The zero-order valence-corrected chi connectivity index (χ0v) is 14.3. The van der Waals surface area contributed by atoms with E-state index in [0.717, 1.165) is 22.4 Å². The van der Waals surface area contributed by atoms with Gasteiger partial charge < -0.3 is 10.1 Å². The Hall–Kier alpha value is -2.29. The Kier molecular flexibility index (Phi) is 5.80. The first-order valence-electron chi connectivity index (χ1n) is 8.06. The summed E-state index contributed by atoms with van der Waals surface area (Å²) >= 11 is 0. The summed E-state index contributed by atoms with van der Waals surface area (Å²) in [6, 6.07) is 13.9. The average Bonchev–Trinajstić information content (AvgIpc) is 2.53. The first-order valence-corrected chi connectivity index (χ1v) is 8.06. The van der Waals surface area contributed by atoms with Gasteiger partial charge in [-0.3, -0.25) is 4.79 Å². The molecule has 0 heterocycles. The van der Waals surface area contributed by atoms with Crippen molar-refractivity contribution in [3.63, 3.8) is 0 Å². The predicted molar refractivity (Wildman–Crippen MR) is 94.3 cm³/mol. The number of para-hydroxylation sites is 1. The van der Waals surface area contributed by atoms with Crippen molar-refractivity contribution in [1.82, 2.24) is 5.32 Å². The highest BCUT2D eigenvalue weighted by atomic mass is 16.5. The van der Waals surface area contributed by atoms with E-state index in [2.05, 4.69) is 25.2 Å². The van der Waals surface area contributed by atoms with Crippen molar-refractivity contribution in [3.8, 4) is 5.75 Å². The molecule has 2 aromatic carbocycles. The second-order valence-electron chi connectivity index (χ2n) is 6.12. The third-order valence-corrected chi connectivity index (χ3v) is 3.82. The van der Waals surface area contributed by atoms with Crippen LogP contribution in [0.2, 0.25) is 0 Å². The van der Waals surface area contributed by atoms with Crippen LogP contribution in [0.3, 0.4) is 0 Å². The molecule has 0 atom stereocenters. The Morgan fingerprint density at radius 3 is 2.61 bits per heavy atom. The molecule has 1 N–H and O–H groups in total. The summed E-state index contributed by atoms with van der Waals surface area (Å²) in [5, 5.41) is 2.92. The number of amides is 1. The second kappa shape index (κ2) is 7.82. The lowest BCUT2D eigenvalue weighted by Crippen LogP contribution is -2.28. The van der Waals surface area contributed by atoms with Crippen LogP contribution in [0.1, 0.15) is 46.8 Å². The Labute approximate surface area is 138 Å². The molecule has 3 nitrogen and oxygen atoms in total. The second-order valence-corrected chi connectivity index (χ2v) is 6.12. The minimum Gasteiger partial charge on any atom is -0.491 e. The van der Waals surface area contributed by atoms with Crippen LogP contribution in [0.15, 0.2) is 42.5 Å². The quantitative estimate of drug-likeness (QED) is 0.811. The molecule has 0 saturated heterocycles. The van der Waals surface area contributed by atoms with Crippen molar-refractivity contribution in [3.05, 3.63) is 64.7 Å². The topological polar surface area (TPSA) is 38.3 Å². The van der Waals surface area contributed by atoms with Gasteiger partial charge in [-0.2, -0.15) is 0 Å². The maximum atomic E-state index is 12.2. The highest BCUT2D eigenvalue weighted by molar-refractivity contribution is 5.95. The molecule has 3 heteroatoms. The van der Waals surface area contributed by atoms with Crippen LogP contribution in [0.5, 0.6) is 5.75 Å². The first kappa shape index (κ1) is 17.1. The number of ether oxygens (including phenoxy) is 1. The summed E-state index contributed by atoms with van der Waals surface area (Å²) in [7, 11) is 0. The number of rotatable bonds is 6. The average molecular weight is 311 g/mol. The van der Waals surface area contributed by atoms with Crippen molar-refractivity contribution in [1.29, 1.82) is 0 Å². The Morgan fingerprint density at radius 2 is 1.87 bits per heavy atom. The minimum absolute atomic E-state index is 0.0491. The van der Waals surface area contributed by atoms with Crippen molar-refractivity contribution in [2.24, 2.45) is 0 Å². The van der Waals surface area contributed by atoms with Gasteiger partial charge in [0.05, 0.1) is 6.54 Å². The van der Waals surface area contributed by atoms with Gasteiger partial charge >= 0.3 is 0 Å². The summed E-state index contributed by atoms with van der Waals surface area (Å²) < 4.78 is 5.82. The summed E-state index contributed by atoms with van der Waals surface area (Å²) in [5.41, 5.74) is 3.99. The van der Waals surface area contributed by atoms with Crippen LogP contribution >= 0.6 is 0 Å². The molecule has 122 valence electrons. The maximum Gasteiger partial charge on any atom is 0.251 e. The molecule has 0 aliphatic carbocycles. The van der Waals surface area contributed by atoms with E-state index in [9.17, 15) is 4.79 Å². The van der Waals surface area contributed by atoms with Gasteiger partial charge in [0.2, 0.25) is 0 Å². The number of nitrogens with one attached hydrogen (secondary N) is 1. The highest BCUT2D eigenvalue weighted by Crippen LogP contribution is 2.25. The molecule has 2 aromatic rings. The summed E-state index contributed by atoms with van der Waals surface area (Å²) in [4.78, 5) is 12.2. The lowest BCUT2D eigenvalue weighted by Gasteiger charge is -2.14. The van der Waals surface area contributed by atoms with E-state index in [1.54, 1.807) is 0 Å². The minimum atomic E-state index is -0.0491. The number of carbonyl (C=O) groups excluding carboxylic acids is 1. The molecule has 0 fully saturated rings. The van der Waals surface area contributed by atoms with E-state index in [0.29, 0.717) is 19.1 Å². The summed E-state index contributed by atoms with van der Waals surface area (Å²) in [5.74, 6) is 1.26. The molecule has 0 radical (unpaired) electrons. The van der Waals surface area contributed by atoms with Crippen LogP contribution in [-0.2, 0) is 0 Å². The summed E-state index contributed by atoms with van der Waals surface area (Å²) in [6.45, 7) is 9.17. The molecule has 0 saturated carbocycles. The van der Waals surface area contributed by atoms with Crippen molar-refractivity contribution in [2.75, 3.05) is 13.2 Å². The van der Waals surface area contributed by atoms with E-state index in [1.165, 1.54) is 5.56 Å². The molecule has 0 aliphatic rings. The zero-order chi connectivity index (χ0) is 16.8. The maximum absolute atomic E-state index is 12.2. The van der Waals surface area contributed by atoms with Gasteiger partial charge in [-0.15, -0.1) is 0 Å². The van der Waals surface area contributed by atoms with Gasteiger partial charge in [-0.05, 0) is 43.0 Å². The van der Waals surface area contributed by atoms with Gasteiger partial charge in [0, 0.05) is 5.56 Å². The number of benzene rings is 2. The van der Waals surface area contributed by atoms with E-state index < -0.39 is 0 Å². The van der Waals surface area contributed by atoms with Gasteiger partial charge in [0.1, 0.15) is 12.4 Å². The van der Waals surface area contributed by atoms with Crippen molar-refractivity contribution < 1.29 is 9.53 Å². The largest absolute Gasteiger partial charge is 0.491 e. The van der Waals surface area contributed by atoms with E-state index in [1.807, 2.05) is 50.2 Å². The fourth-order valence-corrected chi connectivity index (χ4v) is 2.49. The molecule has 2 rings (SSSR count). The van der Waals surface area contributed by atoms with Crippen LogP contribution in [0, 0.1) is 13.8 Å². The SMILES string of the molecule is Cc1ccc(C)c(C(=O)NCCOc2ccccc2C(C)C)c1. The van der Waals surface area contributed by atoms with E-state index in [-0.39, 0.29) is 5.91 Å². The van der Waals surface area contributed by atoms with Gasteiger partial charge in [0.15, 0.2) is 0 Å². The van der Waals surface area contributed by atoms with Crippen molar-refractivity contribution >= 4 is 5.91 Å². The fraction of sp³-hybridized carbons (Fsp3) is 0.350. The third-order valence-electron chi connectivity index (χ3n) is 3.82. The molecule has 0 aliphatic heterocycles. The van der Waals surface area contributed by atoms with E-state index in [4.69, 9.17) is 4.74 Å². The number of aryl methyl sites for hydroxylation is 2. The summed E-state index contributed by atoms with van der Waals surface area (Å²) in [6.07, 6.45) is 0. The number of carbonyl (C=O) groups is 1. The molecular formula is C20H25NO2. The first-order chi connectivity index (χ1) is 11.0. The normalized spacial score (nSPS) is 10.7. The van der Waals surface area contributed by atoms with Gasteiger partial charge in [-0.25, -0.2) is 0 Å². The molecule has 0 bridgehead atoms.